The highest BCUT2D eigenvalue weighted by molar-refractivity contribution is 7.90. The van der Waals surface area contributed by atoms with E-state index in [9.17, 15) is 26.4 Å². The van der Waals surface area contributed by atoms with Crippen molar-refractivity contribution in [2.45, 2.75) is 50.5 Å². The van der Waals surface area contributed by atoms with Gasteiger partial charge in [0.2, 0.25) is 5.91 Å². The van der Waals surface area contributed by atoms with E-state index in [-0.39, 0.29) is 11.8 Å². The molecule has 1 N–H and O–H groups in total. The first-order valence-corrected chi connectivity index (χ1v) is 8.69. The summed E-state index contributed by atoms with van der Waals surface area (Å²) < 4.78 is 60.0. The Kier molecular flexibility index (Phi) is 3.31. The first-order valence-electron chi connectivity index (χ1n) is 7.20. The minimum Gasteiger partial charge on any atom is -0.274 e. The Morgan fingerprint density at radius 2 is 1.48 bits per heavy atom. The predicted octanol–water partition coefficient (Wildman–Crippen LogP) is 2.56. The summed E-state index contributed by atoms with van der Waals surface area (Å²) in [6.07, 6.45) is 5.90. The molecule has 0 saturated heterocycles. The second kappa shape index (κ2) is 4.60. The largest absolute Gasteiger partial charge is 0.516 e. The summed E-state index contributed by atoms with van der Waals surface area (Å²) in [6.45, 7) is 0. The average molecular weight is 325 g/mol. The monoisotopic (exact) mass is 325 g/mol. The zero-order valence-corrected chi connectivity index (χ0v) is 12.3. The minimum absolute atomic E-state index is 0.105. The molecule has 0 spiro atoms. The lowest BCUT2D eigenvalue weighted by Crippen LogP contribution is -2.49. The fraction of sp³-hybridized carbons (Fsp3) is 0.923. The number of hydrogen-bond donors (Lipinski definition) is 1. The maximum Gasteiger partial charge on any atom is 0.516 e. The zero-order chi connectivity index (χ0) is 15.5. The molecule has 0 heterocycles. The second-order valence-electron chi connectivity index (χ2n) is 7.07. The Bertz CT molecular complexity index is 520. The molecule has 4 saturated carbocycles. The second-order valence-corrected chi connectivity index (χ2v) is 8.74. The van der Waals surface area contributed by atoms with Crippen molar-refractivity contribution < 1.29 is 26.4 Å². The number of nitrogens with one attached hydrogen (secondary N) is 1. The standard InChI is InChI=1S/C13H18F3NO3S/c14-13(15,16)21(19,20)17-11(18)7-12-4-8-1-9(5-12)3-10(2-8)6-12/h8-10H,1-7H2,(H,17,18). The Morgan fingerprint density at radius 1 is 1.05 bits per heavy atom. The molecule has 4 fully saturated rings. The van der Waals surface area contributed by atoms with Gasteiger partial charge < -0.3 is 0 Å². The van der Waals surface area contributed by atoms with E-state index < -0.39 is 21.4 Å². The van der Waals surface area contributed by atoms with Gasteiger partial charge in [-0.1, -0.05) is 0 Å². The molecule has 8 heteroatoms. The van der Waals surface area contributed by atoms with Crippen LogP contribution in [-0.4, -0.2) is 19.8 Å². The summed E-state index contributed by atoms with van der Waals surface area (Å²) in [7, 11) is -5.58. The number of halogens is 3. The molecule has 0 aromatic heterocycles. The highest BCUT2D eigenvalue weighted by Crippen LogP contribution is 2.61. The van der Waals surface area contributed by atoms with Gasteiger partial charge in [0, 0.05) is 6.42 Å². The number of hydrogen-bond acceptors (Lipinski definition) is 3. The van der Waals surface area contributed by atoms with Crippen molar-refractivity contribution in [3.63, 3.8) is 0 Å². The van der Waals surface area contributed by atoms with E-state index >= 15 is 0 Å². The number of rotatable bonds is 3. The molecule has 4 aliphatic carbocycles. The first-order chi connectivity index (χ1) is 9.59. The van der Waals surface area contributed by atoms with Crippen LogP contribution in [0.1, 0.15) is 44.9 Å². The topological polar surface area (TPSA) is 63.2 Å². The lowest BCUT2D eigenvalue weighted by Gasteiger charge is -2.56. The smallest absolute Gasteiger partial charge is 0.274 e. The normalized spacial score (nSPS) is 38.5. The predicted molar refractivity (Wildman–Crippen MR) is 68.3 cm³/mol. The number of carbonyl (C=O) groups excluding carboxylic acids is 1. The Hall–Kier alpha value is -0.790. The molecular weight excluding hydrogens is 307 g/mol. The summed E-state index contributed by atoms with van der Waals surface area (Å²) in [5, 5.41) is 0. The van der Waals surface area contributed by atoms with Gasteiger partial charge in [-0.15, -0.1) is 0 Å². The van der Waals surface area contributed by atoms with Crippen molar-refractivity contribution in [2.24, 2.45) is 23.2 Å². The average Bonchev–Trinajstić information content (AvgIpc) is 2.22. The van der Waals surface area contributed by atoms with Crippen molar-refractivity contribution in [2.75, 3.05) is 0 Å². The molecule has 0 aromatic carbocycles. The summed E-state index contributed by atoms with van der Waals surface area (Å²) in [5.74, 6) is 0.657. The third-order valence-electron chi connectivity index (χ3n) is 5.25. The van der Waals surface area contributed by atoms with Crippen LogP contribution in [0.3, 0.4) is 0 Å². The van der Waals surface area contributed by atoms with Gasteiger partial charge in [-0.05, 0) is 61.7 Å². The molecule has 0 radical (unpaired) electrons. The highest BCUT2D eigenvalue weighted by Gasteiger charge is 2.53. The van der Waals surface area contributed by atoms with Gasteiger partial charge in [0.15, 0.2) is 0 Å². The molecular formula is C13H18F3NO3S. The first kappa shape index (κ1) is 15.1. The number of carbonyl (C=O) groups is 1. The SMILES string of the molecule is O=C(CC12CC3CC(CC(C3)C1)C2)NS(=O)(=O)C(F)(F)F. The molecule has 0 aliphatic heterocycles. The maximum absolute atomic E-state index is 12.3. The van der Waals surface area contributed by atoms with Gasteiger partial charge in [0.1, 0.15) is 0 Å². The van der Waals surface area contributed by atoms with E-state index in [1.807, 2.05) is 0 Å². The van der Waals surface area contributed by atoms with Crippen molar-refractivity contribution in [1.29, 1.82) is 0 Å². The molecule has 21 heavy (non-hydrogen) atoms. The lowest BCUT2D eigenvalue weighted by molar-refractivity contribution is -0.128. The molecule has 120 valence electrons. The van der Waals surface area contributed by atoms with E-state index in [0.717, 1.165) is 38.5 Å². The quantitative estimate of drug-likeness (QED) is 0.867. The maximum atomic E-state index is 12.3. The van der Waals surface area contributed by atoms with Crippen LogP contribution in [-0.2, 0) is 14.8 Å². The van der Waals surface area contributed by atoms with E-state index in [2.05, 4.69) is 0 Å². The summed E-state index contributed by atoms with van der Waals surface area (Å²) in [5.41, 5.74) is -5.72. The van der Waals surface area contributed by atoms with E-state index in [0.29, 0.717) is 17.8 Å². The van der Waals surface area contributed by atoms with Crippen LogP contribution >= 0.6 is 0 Å². The molecule has 4 bridgehead atoms. The molecule has 1 amide bonds. The van der Waals surface area contributed by atoms with Gasteiger partial charge in [0.05, 0.1) is 0 Å². The number of alkyl halides is 3. The molecule has 4 rings (SSSR count). The number of amides is 1. The van der Waals surface area contributed by atoms with Crippen molar-refractivity contribution in [1.82, 2.24) is 4.72 Å². The Morgan fingerprint density at radius 3 is 1.86 bits per heavy atom. The molecule has 4 aliphatic rings. The summed E-state index contributed by atoms with van der Waals surface area (Å²) in [4.78, 5) is 11.8. The Balaban J connectivity index is 1.68. The molecule has 0 aromatic rings. The highest BCUT2D eigenvalue weighted by atomic mass is 32.2. The Labute approximate surface area is 121 Å². The van der Waals surface area contributed by atoms with Crippen LogP contribution < -0.4 is 4.72 Å². The van der Waals surface area contributed by atoms with Gasteiger partial charge in [-0.3, -0.25) is 4.79 Å². The van der Waals surface area contributed by atoms with Gasteiger partial charge in [-0.2, -0.15) is 21.6 Å². The lowest BCUT2D eigenvalue weighted by atomic mass is 9.49. The third kappa shape index (κ3) is 2.78. The third-order valence-corrected chi connectivity index (χ3v) is 6.36. The molecule has 0 atom stereocenters. The molecule has 0 unspecified atom stereocenters. The van der Waals surface area contributed by atoms with Crippen molar-refractivity contribution in [3.8, 4) is 0 Å². The number of sulfonamides is 1. The molecule has 4 nitrogen and oxygen atoms in total. The van der Waals surface area contributed by atoms with Crippen LogP contribution in [0.25, 0.3) is 0 Å². The van der Waals surface area contributed by atoms with Crippen LogP contribution in [0.2, 0.25) is 0 Å². The van der Waals surface area contributed by atoms with Gasteiger partial charge in [-0.25, -0.2) is 4.72 Å². The van der Waals surface area contributed by atoms with Crippen molar-refractivity contribution in [3.05, 3.63) is 0 Å². The van der Waals surface area contributed by atoms with Crippen LogP contribution in [0.5, 0.6) is 0 Å². The van der Waals surface area contributed by atoms with Crippen molar-refractivity contribution >= 4 is 15.9 Å². The fourth-order valence-electron chi connectivity index (χ4n) is 5.09. The van der Waals surface area contributed by atoms with Gasteiger partial charge in [0.25, 0.3) is 0 Å². The van der Waals surface area contributed by atoms with Gasteiger partial charge >= 0.3 is 15.5 Å². The van der Waals surface area contributed by atoms with E-state index in [1.54, 1.807) is 0 Å². The van der Waals surface area contributed by atoms with Crippen LogP contribution in [0, 0.1) is 23.2 Å². The summed E-state index contributed by atoms with van der Waals surface area (Å²) >= 11 is 0. The fourth-order valence-corrected chi connectivity index (χ4v) is 5.58. The van der Waals surface area contributed by atoms with E-state index in [4.69, 9.17) is 0 Å². The summed E-state index contributed by atoms with van der Waals surface area (Å²) in [6, 6.07) is 0. The van der Waals surface area contributed by atoms with Crippen LogP contribution in [0.15, 0.2) is 0 Å². The minimum atomic E-state index is -5.58. The van der Waals surface area contributed by atoms with Crippen LogP contribution in [0.4, 0.5) is 13.2 Å². The zero-order valence-electron chi connectivity index (χ0n) is 11.4. The van der Waals surface area contributed by atoms with E-state index in [1.165, 1.54) is 4.72 Å².